The molecular formula is C31H41N9O. The summed E-state index contributed by atoms with van der Waals surface area (Å²) in [6.45, 7) is 8.99. The average molecular weight is 556 g/mol. The molecule has 2 saturated heterocycles. The molecule has 10 heteroatoms. The third-order valence-corrected chi connectivity index (χ3v) is 9.04. The number of anilines is 1. The Balaban J connectivity index is 1.20. The molecule has 1 aliphatic carbocycles. The standard InChI is InChI=1S/C31H41N9O/c1-5-38-10-6-25(7-11-38)40-19-24(16-34-40)26-20-37(4)30-28(26)35-27(17-33-30)22-14-23(18-36(2)3)29(32-15-22)39-12-13-41-31(21-39)8-9-31/h14-17,19-20,25H,5-13,18,21H2,1-4H3. The van der Waals surface area contributed by atoms with Crippen LogP contribution in [0.15, 0.2) is 37.1 Å². The first kappa shape index (κ1) is 26.6. The molecule has 3 aliphatic rings. The van der Waals surface area contributed by atoms with Crippen molar-refractivity contribution >= 4 is 17.0 Å². The molecule has 0 aromatic carbocycles. The zero-order valence-corrected chi connectivity index (χ0v) is 24.8. The van der Waals surface area contributed by atoms with Gasteiger partial charge in [-0.05, 0) is 52.4 Å². The Morgan fingerprint density at radius 2 is 1.85 bits per heavy atom. The minimum Gasteiger partial charge on any atom is -0.371 e. The lowest BCUT2D eigenvalue weighted by Gasteiger charge is -2.35. The highest BCUT2D eigenvalue weighted by Gasteiger charge is 2.48. The van der Waals surface area contributed by atoms with Crippen molar-refractivity contribution in [2.45, 2.75) is 50.8 Å². The van der Waals surface area contributed by atoms with Gasteiger partial charge in [0, 0.05) is 80.6 Å². The van der Waals surface area contributed by atoms with Gasteiger partial charge in [0.1, 0.15) is 11.3 Å². The number of morpholine rings is 1. The summed E-state index contributed by atoms with van der Waals surface area (Å²) in [5.74, 6) is 1.06. The summed E-state index contributed by atoms with van der Waals surface area (Å²) in [4.78, 5) is 22.2. The monoisotopic (exact) mass is 555 g/mol. The molecule has 0 amide bonds. The van der Waals surface area contributed by atoms with E-state index in [1.165, 1.54) is 5.56 Å². The van der Waals surface area contributed by atoms with Gasteiger partial charge < -0.3 is 24.0 Å². The molecule has 1 spiro atoms. The zero-order chi connectivity index (χ0) is 28.1. The summed E-state index contributed by atoms with van der Waals surface area (Å²) in [5, 5.41) is 4.78. The maximum absolute atomic E-state index is 6.07. The van der Waals surface area contributed by atoms with E-state index in [2.05, 4.69) is 63.4 Å². The van der Waals surface area contributed by atoms with E-state index in [-0.39, 0.29) is 5.60 Å². The van der Waals surface area contributed by atoms with Gasteiger partial charge in [0.15, 0.2) is 5.65 Å². The molecule has 3 fully saturated rings. The number of aromatic nitrogens is 6. The molecule has 4 aromatic heterocycles. The maximum atomic E-state index is 6.07. The summed E-state index contributed by atoms with van der Waals surface area (Å²) in [7, 11) is 6.24. The summed E-state index contributed by atoms with van der Waals surface area (Å²) in [6.07, 6.45) is 14.7. The first-order valence-electron chi connectivity index (χ1n) is 15.0. The predicted molar refractivity (Wildman–Crippen MR) is 161 cm³/mol. The zero-order valence-electron chi connectivity index (χ0n) is 24.8. The largest absolute Gasteiger partial charge is 0.371 e. The fourth-order valence-electron chi connectivity index (χ4n) is 6.52. The first-order valence-corrected chi connectivity index (χ1v) is 15.0. The van der Waals surface area contributed by atoms with Crippen LogP contribution in [-0.4, -0.2) is 98.1 Å². The molecule has 6 heterocycles. The lowest BCUT2D eigenvalue weighted by Crippen LogP contribution is -2.44. The molecule has 10 nitrogen and oxygen atoms in total. The highest BCUT2D eigenvalue weighted by Crippen LogP contribution is 2.43. The molecule has 0 N–H and O–H groups in total. The van der Waals surface area contributed by atoms with E-state index in [0.717, 1.165) is 111 Å². The van der Waals surface area contributed by atoms with Crippen LogP contribution in [0.3, 0.4) is 0 Å². The molecule has 2 aliphatic heterocycles. The number of rotatable bonds is 7. The number of hydrogen-bond acceptors (Lipinski definition) is 8. The van der Waals surface area contributed by atoms with Crippen LogP contribution in [0, 0.1) is 0 Å². The average Bonchev–Trinajstić information content (AvgIpc) is 3.38. The van der Waals surface area contributed by atoms with Crippen LogP contribution in [-0.2, 0) is 18.3 Å². The van der Waals surface area contributed by atoms with E-state index in [4.69, 9.17) is 24.8 Å². The van der Waals surface area contributed by atoms with Crippen molar-refractivity contribution < 1.29 is 4.74 Å². The molecule has 41 heavy (non-hydrogen) atoms. The molecule has 7 rings (SSSR count). The third kappa shape index (κ3) is 5.13. The summed E-state index contributed by atoms with van der Waals surface area (Å²) in [6, 6.07) is 2.69. The number of likely N-dealkylation sites (tertiary alicyclic amines) is 1. The predicted octanol–water partition coefficient (Wildman–Crippen LogP) is 3.98. The van der Waals surface area contributed by atoms with Crippen LogP contribution < -0.4 is 4.90 Å². The second-order valence-corrected chi connectivity index (χ2v) is 12.4. The van der Waals surface area contributed by atoms with Crippen molar-refractivity contribution in [2.24, 2.45) is 7.05 Å². The number of nitrogens with zero attached hydrogens (tertiary/aromatic N) is 9. The molecule has 1 saturated carbocycles. The minimum atomic E-state index is 0.0505. The third-order valence-electron chi connectivity index (χ3n) is 9.04. The van der Waals surface area contributed by atoms with Gasteiger partial charge in [-0.1, -0.05) is 6.92 Å². The van der Waals surface area contributed by atoms with Gasteiger partial charge in [-0.2, -0.15) is 5.10 Å². The minimum absolute atomic E-state index is 0.0505. The maximum Gasteiger partial charge on any atom is 0.159 e. The number of hydrogen-bond donors (Lipinski definition) is 0. The van der Waals surface area contributed by atoms with Gasteiger partial charge in [-0.25, -0.2) is 15.0 Å². The van der Waals surface area contributed by atoms with Gasteiger partial charge in [0.05, 0.1) is 36.3 Å². The quantitative estimate of drug-likeness (QED) is 0.339. The van der Waals surface area contributed by atoms with Crippen LogP contribution >= 0.6 is 0 Å². The Hall–Kier alpha value is -3.34. The number of ether oxygens (including phenoxy) is 1. The topological polar surface area (TPSA) is 80.4 Å². The van der Waals surface area contributed by atoms with Gasteiger partial charge in [-0.3, -0.25) is 4.68 Å². The van der Waals surface area contributed by atoms with Crippen LogP contribution in [0.5, 0.6) is 0 Å². The summed E-state index contributed by atoms with van der Waals surface area (Å²) >= 11 is 0. The fourth-order valence-corrected chi connectivity index (χ4v) is 6.52. The molecule has 0 unspecified atom stereocenters. The van der Waals surface area contributed by atoms with Gasteiger partial charge in [-0.15, -0.1) is 0 Å². The number of piperidine rings is 1. The Morgan fingerprint density at radius 1 is 1.02 bits per heavy atom. The summed E-state index contributed by atoms with van der Waals surface area (Å²) in [5.41, 5.74) is 7.00. The molecule has 4 aromatic rings. The van der Waals surface area contributed by atoms with E-state index in [1.54, 1.807) is 0 Å². The van der Waals surface area contributed by atoms with Gasteiger partial charge in [0.2, 0.25) is 0 Å². The van der Waals surface area contributed by atoms with Crippen molar-refractivity contribution in [3.8, 4) is 22.4 Å². The van der Waals surface area contributed by atoms with Gasteiger partial charge in [0.25, 0.3) is 0 Å². The second-order valence-electron chi connectivity index (χ2n) is 12.4. The Kier molecular flexibility index (Phi) is 6.79. The van der Waals surface area contributed by atoms with Crippen molar-refractivity contribution in [3.05, 3.63) is 42.6 Å². The number of aryl methyl sites for hydroxylation is 1. The molecule has 0 radical (unpaired) electrons. The fraction of sp³-hybridized carbons (Fsp3) is 0.548. The van der Waals surface area contributed by atoms with Crippen LogP contribution in [0.2, 0.25) is 0 Å². The van der Waals surface area contributed by atoms with Crippen LogP contribution in [0.4, 0.5) is 5.82 Å². The Labute approximate surface area is 241 Å². The molecular weight excluding hydrogens is 514 g/mol. The Morgan fingerprint density at radius 3 is 2.61 bits per heavy atom. The normalized spacial score (nSPS) is 19.6. The number of pyridine rings is 1. The van der Waals surface area contributed by atoms with Crippen molar-refractivity contribution in [2.75, 3.05) is 58.3 Å². The van der Waals surface area contributed by atoms with E-state index < -0.39 is 0 Å². The lowest BCUT2D eigenvalue weighted by molar-refractivity contribution is 0.0203. The number of fused-ring (bicyclic) bond motifs is 1. The molecule has 0 bridgehead atoms. The lowest BCUT2D eigenvalue weighted by atomic mass is 10.1. The highest BCUT2D eigenvalue weighted by molar-refractivity contribution is 5.91. The Bertz CT molecular complexity index is 1540. The second kappa shape index (κ2) is 10.5. The summed E-state index contributed by atoms with van der Waals surface area (Å²) < 4.78 is 10.3. The van der Waals surface area contributed by atoms with Crippen molar-refractivity contribution in [1.29, 1.82) is 0 Å². The van der Waals surface area contributed by atoms with E-state index >= 15 is 0 Å². The van der Waals surface area contributed by atoms with Crippen molar-refractivity contribution in [3.63, 3.8) is 0 Å². The van der Waals surface area contributed by atoms with Crippen molar-refractivity contribution in [1.82, 2.24) is 39.1 Å². The van der Waals surface area contributed by atoms with Gasteiger partial charge >= 0.3 is 0 Å². The molecule has 216 valence electrons. The highest BCUT2D eigenvalue weighted by atomic mass is 16.5. The SMILES string of the molecule is CCN1CCC(n2cc(-c3cn(C)c4ncc(-c5cnc(N6CCOC7(CC7)C6)c(CN(C)C)c5)nc34)cn2)CC1. The van der Waals surface area contributed by atoms with Crippen LogP contribution in [0.25, 0.3) is 33.5 Å². The van der Waals surface area contributed by atoms with Crippen LogP contribution in [0.1, 0.15) is 44.2 Å². The van der Waals surface area contributed by atoms with E-state index in [0.29, 0.717) is 6.04 Å². The molecule has 0 atom stereocenters. The first-order chi connectivity index (χ1) is 19.9. The van der Waals surface area contributed by atoms with E-state index in [1.807, 2.05) is 25.6 Å². The smallest absolute Gasteiger partial charge is 0.159 e. The van der Waals surface area contributed by atoms with E-state index in [9.17, 15) is 0 Å².